The van der Waals surface area contributed by atoms with Crippen molar-refractivity contribution < 1.29 is 0 Å². The molecule has 3 heterocycles. The SMILES string of the molecule is CN=C(NCc1cc2ccccc2[nH]1)NCc1nnc2ccccn12. The zero-order chi connectivity index (χ0) is 17.1. The van der Waals surface area contributed by atoms with Gasteiger partial charge in [0, 0.05) is 24.5 Å². The first-order chi connectivity index (χ1) is 12.3. The molecule has 3 N–H and O–H groups in total. The third kappa shape index (κ3) is 3.16. The van der Waals surface area contributed by atoms with Crippen LogP contribution in [-0.2, 0) is 13.1 Å². The molecule has 7 nitrogen and oxygen atoms in total. The highest BCUT2D eigenvalue weighted by Crippen LogP contribution is 2.14. The summed E-state index contributed by atoms with van der Waals surface area (Å²) in [4.78, 5) is 7.66. The lowest BCUT2D eigenvalue weighted by atomic mass is 10.2. The average Bonchev–Trinajstić information content (AvgIpc) is 3.25. The Kier molecular flexibility index (Phi) is 4.04. The van der Waals surface area contributed by atoms with E-state index >= 15 is 0 Å². The van der Waals surface area contributed by atoms with Gasteiger partial charge in [-0.1, -0.05) is 24.3 Å². The summed E-state index contributed by atoms with van der Waals surface area (Å²) in [6.45, 7) is 1.20. The van der Waals surface area contributed by atoms with Gasteiger partial charge in [-0.25, -0.2) is 0 Å². The molecule has 25 heavy (non-hydrogen) atoms. The molecule has 0 bridgehead atoms. The van der Waals surface area contributed by atoms with E-state index in [1.807, 2.05) is 40.9 Å². The Morgan fingerprint density at radius 3 is 2.80 bits per heavy atom. The first kappa shape index (κ1) is 15.2. The van der Waals surface area contributed by atoms with Crippen LogP contribution in [0.25, 0.3) is 16.6 Å². The molecule has 4 rings (SSSR count). The quantitative estimate of drug-likeness (QED) is 0.394. The summed E-state index contributed by atoms with van der Waals surface area (Å²) in [6, 6.07) is 16.2. The monoisotopic (exact) mass is 333 g/mol. The summed E-state index contributed by atoms with van der Waals surface area (Å²) in [5.74, 6) is 1.55. The summed E-state index contributed by atoms with van der Waals surface area (Å²) in [7, 11) is 1.75. The maximum atomic E-state index is 4.26. The number of aliphatic imine (C=N–C) groups is 1. The molecule has 0 fully saturated rings. The van der Waals surface area contributed by atoms with Crippen molar-refractivity contribution in [3.8, 4) is 0 Å². The molecule has 0 atom stereocenters. The van der Waals surface area contributed by atoms with Gasteiger partial charge < -0.3 is 15.6 Å². The van der Waals surface area contributed by atoms with E-state index < -0.39 is 0 Å². The maximum Gasteiger partial charge on any atom is 0.191 e. The Labute approximate surface area is 144 Å². The van der Waals surface area contributed by atoms with E-state index in [1.54, 1.807) is 7.05 Å². The first-order valence-corrected chi connectivity index (χ1v) is 8.13. The lowest BCUT2D eigenvalue weighted by molar-refractivity contribution is 0.758. The highest BCUT2D eigenvalue weighted by atomic mass is 15.3. The number of aromatic amines is 1. The number of hydrogen-bond donors (Lipinski definition) is 3. The van der Waals surface area contributed by atoms with E-state index in [0.717, 1.165) is 22.7 Å². The zero-order valence-electron chi connectivity index (χ0n) is 13.9. The molecule has 0 saturated heterocycles. The van der Waals surface area contributed by atoms with Crippen LogP contribution in [0, 0.1) is 0 Å². The summed E-state index contributed by atoms with van der Waals surface area (Å²) < 4.78 is 1.96. The highest BCUT2D eigenvalue weighted by molar-refractivity contribution is 5.81. The topological polar surface area (TPSA) is 82.4 Å². The number of benzene rings is 1. The van der Waals surface area contributed by atoms with Crippen LogP contribution in [0.1, 0.15) is 11.5 Å². The van der Waals surface area contributed by atoms with Gasteiger partial charge in [-0.15, -0.1) is 10.2 Å². The van der Waals surface area contributed by atoms with E-state index in [2.05, 4.69) is 49.0 Å². The Bertz CT molecular complexity index is 995. The normalized spacial score (nSPS) is 12.0. The van der Waals surface area contributed by atoms with Crippen LogP contribution in [0.5, 0.6) is 0 Å². The van der Waals surface area contributed by atoms with Gasteiger partial charge in [0.25, 0.3) is 0 Å². The number of para-hydroxylation sites is 1. The van der Waals surface area contributed by atoms with Crippen molar-refractivity contribution in [2.45, 2.75) is 13.1 Å². The number of rotatable bonds is 4. The number of pyridine rings is 1. The minimum Gasteiger partial charge on any atom is -0.357 e. The Balaban J connectivity index is 1.39. The second-order valence-corrected chi connectivity index (χ2v) is 5.71. The Hall–Kier alpha value is -3.35. The average molecular weight is 333 g/mol. The predicted octanol–water partition coefficient (Wildman–Crippen LogP) is 2.08. The molecular weight excluding hydrogens is 314 g/mol. The van der Waals surface area contributed by atoms with Gasteiger partial charge in [-0.05, 0) is 29.7 Å². The van der Waals surface area contributed by atoms with E-state index in [4.69, 9.17) is 0 Å². The van der Waals surface area contributed by atoms with Crippen LogP contribution in [-0.4, -0.2) is 32.6 Å². The van der Waals surface area contributed by atoms with Crippen molar-refractivity contribution in [3.63, 3.8) is 0 Å². The van der Waals surface area contributed by atoms with Crippen molar-refractivity contribution in [1.29, 1.82) is 0 Å². The summed E-state index contributed by atoms with van der Waals surface area (Å²) in [6.07, 6.45) is 1.95. The molecule has 0 aliphatic carbocycles. The van der Waals surface area contributed by atoms with Crippen LogP contribution in [0.2, 0.25) is 0 Å². The van der Waals surface area contributed by atoms with Gasteiger partial charge in [0.1, 0.15) is 0 Å². The highest BCUT2D eigenvalue weighted by Gasteiger charge is 2.06. The second kappa shape index (κ2) is 6.64. The molecule has 0 amide bonds. The third-order valence-corrected chi connectivity index (χ3v) is 4.05. The summed E-state index contributed by atoms with van der Waals surface area (Å²) in [5.41, 5.74) is 3.08. The van der Waals surface area contributed by atoms with Gasteiger partial charge in [0.2, 0.25) is 0 Å². The fourth-order valence-electron chi connectivity index (χ4n) is 2.80. The van der Waals surface area contributed by atoms with Gasteiger partial charge in [-0.2, -0.15) is 0 Å². The summed E-state index contributed by atoms with van der Waals surface area (Å²) in [5, 5.41) is 16.1. The van der Waals surface area contributed by atoms with Crippen LogP contribution in [0.15, 0.2) is 59.7 Å². The van der Waals surface area contributed by atoms with Crippen LogP contribution < -0.4 is 10.6 Å². The van der Waals surface area contributed by atoms with Gasteiger partial charge in [0.05, 0.1) is 13.1 Å². The fraction of sp³-hybridized carbons (Fsp3) is 0.167. The smallest absolute Gasteiger partial charge is 0.191 e. The molecule has 0 aliphatic rings. The predicted molar refractivity (Wildman–Crippen MR) is 98.3 cm³/mol. The lowest BCUT2D eigenvalue weighted by Crippen LogP contribution is -2.36. The molecule has 0 radical (unpaired) electrons. The fourth-order valence-corrected chi connectivity index (χ4v) is 2.80. The van der Waals surface area contributed by atoms with Crippen molar-refractivity contribution in [1.82, 2.24) is 30.2 Å². The zero-order valence-corrected chi connectivity index (χ0v) is 13.9. The molecule has 4 aromatic rings. The van der Waals surface area contributed by atoms with Crippen molar-refractivity contribution in [2.75, 3.05) is 7.05 Å². The Morgan fingerprint density at radius 1 is 1.08 bits per heavy atom. The molecule has 0 saturated carbocycles. The first-order valence-electron chi connectivity index (χ1n) is 8.13. The number of H-pyrrole nitrogens is 1. The van der Waals surface area contributed by atoms with Crippen LogP contribution in [0.3, 0.4) is 0 Å². The molecule has 3 aromatic heterocycles. The van der Waals surface area contributed by atoms with Crippen molar-refractivity contribution in [2.24, 2.45) is 4.99 Å². The number of nitrogens with zero attached hydrogens (tertiary/aromatic N) is 4. The van der Waals surface area contributed by atoms with Crippen LogP contribution in [0.4, 0.5) is 0 Å². The third-order valence-electron chi connectivity index (χ3n) is 4.05. The molecule has 7 heteroatoms. The standard InChI is InChI=1S/C18H19N7/c1-19-18(20-11-14-10-13-6-2-3-7-15(13)22-14)21-12-17-24-23-16-8-4-5-9-25(16)17/h2-10,22H,11-12H2,1H3,(H2,19,20,21). The van der Waals surface area contributed by atoms with E-state index in [-0.39, 0.29) is 0 Å². The van der Waals surface area contributed by atoms with E-state index in [9.17, 15) is 0 Å². The number of hydrogen-bond acceptors (Lipinski definition) is 3. The number of nitrogens with one attached hydrogen (secondary N) is 3. The van der Waals surface area contributed by atoms with E-state index in [0.29, 0.717) is 19.0 Å². The summed E-state index contributed by atoms with van der Waals surface area (Å²) >= 11 is 0. The lowest BCUT2D eigenvalue weighted by Gasteiger charge is -2.10. The molecule has 0 spiro atoms. The minimum atomic E-state index is 0.539. The number of aromatic nitrogens is 4. The van der Waals surface area contributed by atoms with Gasteiger partial charge in [-0.3, -0.25) is 9.39 Å². The molecule has 1 aromatic carbocycles. The Morgan fingerprint density at radius 2 is 1.92 bits per heavy atom. The van der Waals surface area contributed by atoms with Gasteiger partial charge in [0.15, 0.2) is 17.4 Å². The molecular formula is C18H19N7. The minimum absolute atomic E-state index is 0.539. The maximum absolute atomic E-state index is 4.26. The number of fused-ring (bicyclic) bond motifs is 2. The van der Waals surface area contributed by atoms with Crippen molar-refractivity contribution in [3.05, 3.63) is 66.2 Å². The number of guanidine groups is 1. The molecule has 126 valence electrons. The largest absolute Gasteiger partial charge is 0.357 e. The van der Waals surface area contributed by atoms with Gasteiger partial charge >= 0.3 is 0 Å². The van der Waals surface area contributed by atoms with Crippen LogP contribution >= 0.6 is 0 Å². The molecule has 0 aliphatic heterocycles. The molecule has 0 unspecified atom stereocenters. The second-order valence-electron chi connectivity index (χ2n) is 5.71. The van der Waals surface area contributed by atoms with Crippen molar-refractivity contribution >= 4 is 22.5 Å². The van der Waals surface area contributed by atoms with E-state index in [1.165, 1.54) is 5.39 Å².